The number of thiazole rings is 1. The maximum Gasteiger partial charge on any atom is 0.145 e. The summed E-state index contributed by atoms with van der Waals surface area (Å²) in [4.78, 5) is 4.48. The van der Waals surface area contributed by atoms with Crippen molar-refractivity contribution < 1.29 is 0 Å². The van der Waals surface area contributed by atoms with Crippen molar-refractivity contribution in [1.82, 2.24) is 25.7 Å². The standard InChI is InChI=1S/C9H13N5S/c1-2-10-4-3-7-6-15-9(12-7)8-5-11-14-13-8/h5-6,10H,2-4H2,1H3,(H,11,13,14). The Balaban J connectivity index is 1.98. The Morgan fingerprint density at radius 1 is 1.53 bits per heavy atom. The van der Waals surface area contributed by atoms with Crippen LogP contribution in [0.5, 0.6) is 0 Å². The summed E-state index contributed by atoms with van der Waals surface area (Å²) >= 11 is 1.60. The van der Waals surface area contributed by atoms with Crippen molar-refractivity contribution in [2.75, 3.05) is 13.1 Å². The highest BCUT2D eigenvalue weighted by Crippen LogP contribution is 2.20. The number of H-pyrrole nitrogens is 1. The normalized spacial score (nSPS) is 10.7. The molecule has 2 heterocycles. The molecular formula is C9H13N5S. The van der Waals surface area contributed by atoms with E-state index >= 15 is 0 Å². The lowest BCUT2D eigenvalue weighted by Gasteiger charge is -1.96. The smallest absolute Gasteiger partial charge is 0.145 e. The van der Waals surface area contributed by atoms with Gasteiger partial charge in [-0.25, -0.2) is 4.98 Å². The molecule has 0 aliphatic carbocycles. The fourth-order valence-corrected chi connectivity index (χ4v) is 2.04. The second-order valence-electron chi connectivity index (χ2n) is 3.10. The van der Waals surface area contributed by atoms with Gasteiger partial charge < -0.3 is 5.32 Å². The molecule has 0 unspecified atom stereocenters. The zero-order valence-electron chi connectivity index (χ0n) is 8.53. The molecule has 0 spiro atoms. The van der Waals surface area contributed by atoms with Crippen molar-refractivity contribution in [2.45, 2.75) is 13.3 Å². The van der Waals surface area contributed by atoms with Crippen LogP contribution in [-0.2, 0) is 6.42 Å². The maximum atomic E-state index is 4.48. The van der Waals surface area contributed by atoms with Gasteiger partial charge in [-0.1, -0.05) is 6.92 Å². The molecule has 5 nitrogen and oxygen atoms in total. The van der Waals surface area contributed by atoms with Gasteiger partial charge in [0, 0.05) is 18.3 Å². The van der Waals surface area contributed by atoms with Crippen LogP contribution in [0.15, 0.2) is 11.6 Å². The fraction of sp³-hybridized carbons (Fsp3) is 0.444. The van der Waals surface area contributed by atoms with Gasteiger partial charge in [0.05, 0.1) is 11.9 Å². The third kappa shape index (κ3) is 2.60. The van der Waals surface area contributed by atoms with E-state index in [9.17, 15) is 0 Å². The van der Waals surface area contributed by atoms with E-state index in [4.69, 9.17) is 0 Å². The van der Waals surface area contributed by atoms with E-state index < -0.39 is 0 Å². The summed E-state index contributed by atoms with van der Waals surface area (Å²) in [7, 11) is 0. The molecule has 0 aliphatic rings. The van der Waals surface area contributed by atoms with Crippen molar-refractivity contribution in [1.29, 1.82) is 0 Å². The number of likely N-dealkylation sites (N-methyl/N-ethyl adjacent to an activating group) is 1. The second kappa shape index (κ2) is 4.99. The minimum Gasteiger partial charge on any atom is -0.317 e. The van der Waals surface area contributed by atoms with Gasteiger partial charge in [-0.15, -0.1) is 11.3 Å². The van der Waals surface area contributed by atoms with E-state index in [1.807, 2.05) is 0 Å². The minimum atomic E-state index is 0.815. The summed E-state index contributed by atoms with van der Waals surface area (Å²) < 4.78 is 0. The van der Waals surface area contributed by atoms with Gasteiger partial charge in [0.25, 0.3) is 0 Å². The Morgan fingerprint density at radius 3 is 3.20 bits per heavy atom. The first-order chi connectivity index (χ1) is 7.40. The lowest BCUT2D eigenvalue weighted by Crippen LogP contribution is -2.16. The third-order valence-electron chi connectivity index (χ3n) is 1.99. The van der Waals surface area contributed by atoms with Crippen molar-refractivity contribution >= 4 is 11.3 Å². The SMILES string of the molecule is CCNCCc1csc(-c2cn[nH]n2)n1. The molecule has 15 heavy (non-hydrogen) atoms. The summed E-state index contributed by atoms with van der Waals surface area (Å²) in [6.07, 6.45) is 2.65. The van der Waals surface area contributed by atoms with Gasteiger partial charge in [-0.05, 0) is 6.54 Å². The van der Waals surface area contributed by atoms with Crippen LogP contribution in [-0.4, -0.2) is 33.5 Å². The van der Waals surface area contributed by atoms with Gasteiger partial charge in [-0.2, -0.15) is 15.4 Å². The molecular weight excluding hydrogens is 210 g/mol. The Labute approximate surface area is 91.9 Å². The van der Waals surface area contributed by atoms with E-state index in [-0.39, 0.29) is 0 Å². The largest absolute Gasteiger partial charge is 0.317 e. The van der Waals surface area contributed by atoms with Crippen LogP contribution in [0.1, 0.15) is 12.6 Å². The van der Waals surface area contributed by atoms with E-state index in [2.05, 4.69) is 38.0 Å². The van der Waals surface area contributed by atoms with Crippen molar-refractivity contribution in [2.24, 2.45) is 0 Å². The van der Waals surface area contributed by atoms with E-state index in [1.54, 1.807) is 17.5 Å². The maximum absolute atomic E-state index is 4.48. The van der Waals surface area contributed by atoms with Crippen LogP contribution in [0.25, 0.3) is 10.7 Å². The predicted octanol–water partition coefficient (Wildman–Crippen LogP) is 1.08. The van der Waals surface area contributed by atoms with Crippen molar-refractivity contribution in [3.05, 3.63) is 17.3 Å². The van der Waals surface area contributed by atoms with Crippen LogP contribution in [0.3, 0.4) is 0 Å². The molecule has 0 fully saturated rings. The molecule has 2 N–H and O–H groups in total. The Kier molecular flexibility index (Phi) is 3.41. The van der Waals surface area contributed by atoms with Gasteiger partial charge in [0.15, 0.2) is 0 Å². The molecule has 0 atom stereocenters. The number of nitrogens with one attached hydrogen (secondary N) is 2. The molecule has 6 heteroatoms. The number of aromatic amines is 1. The molecule has 2 aromatic rings. The highest BCUT2D eigenvalue weighted by molar-refractivity contribution is 7.13. The van der Waals surface area contributed by atoms with E-state index in [0.29, 0.717) is 0 Å². The predicted molar refractivity (Wildman–Crippen MR) is 59.7 cm³/mol. The monoisotopic (exact) mass is 223 g/mol. The molecule has 0 amide bonds. The first kappa shape index (κ1) is 10.3. The van der Waals surface area contributed by atoms with Gasteiger partial charge >= 0.3 is 0 Å². The van der Waals surface area contributed by atoms with Crippen LogP contribution in [0.4, 0.5) is 0 Å². The first-order valence-corrected chi connectivity index (χ1v) is 5.79. The molecule has 0 aliphatic heterocycles. The van der Waals surface area contributed by atoms with Gasteiger partial charge in [0.2, 0.25) is 0 Å². The molecule has 80 valence electrons. The average Bonchev–Trinajstić information content (AvgIpc) is 2.87. The molecule has 0 aromatic carbocycles. The Bertz CT molecular complexity index is 394. The summed E-state index contributed by atoms with van der Waals surface area (Å²) in [6, 6.07) is 0. The molecule has 0 radical (unpaired) electrons. The molecule has 0 bridgehead atoms. The lowest BCUT2D eigenvalue weighted by atomic mass is 10.3. The highest BCUT2D eigenvalue weighted by Gasteiger charge is 2.06. The van der Waals surface area contributed by atoms with Gasteiger partial charge in [0.1, 0.15) is 10.7 Å². The van der Waals surface area contributed by atoms with E-state index in [1.165, 1.54) is 0 Å². The summed E-state index contributed by atoms with van der Waals surface area (Å²) in [5, 5.41) is 16.6. The van der Waals surface area contributed by atoms with Crippen molar-refractivity contribution in [3.63, 3.8) is 0 Å². The number of hydrogen-bond acceptors (Lipinski definition) is 5. The quantitative estimate of drug-likeness (QED) is 0.744. The Morgan fingerprint density at radius 2 is 2.47 bits per heavy atom. The van der Waals surface area contributed by atoms with Crippen LogP contribution in [0.2, 0.25) is 0 Å². The minimum absolute atomic E-state index is 0.815. The van der Waals surface area contributed by atoms with E-state index in [0.717, 1.165) is 35.9 Å². The highest BCUT2D eigenvalue weighted by atomic mass is 32.1. The number of aromatic nitrogens is 4. The second-order valence-corrected chi connectivity index (χ2v) is 3.96. The summed E-state index contributed by atoms with van der Waals surface area (Å²) in [5.74, 6) is 0. The topological polar surface area (TPSA) is 66.5 Å². The summed E-state index contributed by atoms with van der Waals surface area (Å²) in [6.45, 7) is 4.07. The number of nitrogens with zero attached hydrogens (tertiary/aromatic N) is 3. The van der Waals surface area contributed by atoms with Crippen molar-refractivity contribution in [3.8, 4) is 10.7 Å². The number of rotatable bonds is 5. The van der Waals surface area contributed by atoms with Gasteiger partial charge in [-0.3, -0.25) is 0 Å². The zero-order valence-corrected chi connectivity index (χ0v) is 9.34. The fourth-order valence-electron chi connectivity index (χ4n) is 1.24. The Hall–Kier alpha value is -1.27. The average molecular weight is 223 g/mol. The van der Waals surface area contributed by atoms with Crippen LogP contribution < -0.4 is 5.32 Å². The lowest BCUT2D eigenvalue weighted by molar-refractivity contribution is 0.710. The van der Waals surface area contributed by atoms with Crippen LogP contribution >= 0.6 is 11.3 Å². The number of hydrogen-bond donors (Lipinski definition) is 2. The molecule has 0 saturated heterocycles. The third-order valence-corrected chi connectivity index (χ3v) is 2.91. The zero-order chi connectivity index (χ0) is 10.5. The molecule has 2 aromatic heterocycles. The van der Waals surface area contributed by atoms with Crippen LogP contribution in [0, 0.1) is 0 Å². The summed E-state index contributed by atoms with van der Waals surface area (Å²) in [5.41, 5.74) is 1.92. The first-order valence-electron chi connectivity index (χ1n) is 4.91. The molecule has 2 rings (SSSR count). The molecule has 0 saturated carbocycles.